The van der Waals surface area contributed by atoms with Gasteiger partial charge in [-0.3, -0.25) is 4.79 Å². The Hall–Kier alpha value is -1.06. The largest absolute Gasteiger partial charge is 0.327 e. The summed E-state index contributed by atoms with van der Waals surface area (Å²) in [5.74, 6) is 1.22. The van der Waals surface area contributed by atoms with Crippen LogP contribution >= 0.6 is 12.4 Å². The van der Waals surface area contributed by atoms with Crippen LogP contribution in [-0.2, 0) is 4.79 Å². The summed E-state index contributed by atoms with van der Waals surface area (Å²) in [6.45, 7) is 0. The molecule has 1 aromatic rings. The van der Waals surface area contributed by atoms with Crippen molar-refractivity contribution in [1.82, 2.24) is 0 Å². The molecular formula is C14H19ClN2O. The molecular weight excluding hydrogens is 248 g/mol. The Balaban J connectivity index is 0.00000120. The van der Waals surface area contributed by atoms with Gasteiger partial charge >= 0.3 is 0 Å². The van der Waals surface area contributed by atoms with Crippen LogP contribution < -0.4 is 11.1 Å². The normalized spacial score (nSPS) is 32.9. The summed E-state index contributed by atoms with van der Waals surface area (Å²) in [7, 11) is 0. The van der Waals surface area contributed by atoms with Crippen LogP contribution in [0, 0.1) is 17.8 Å². The first-order valence-electron chi connectivity index (χ1n) is 6.37. The van der Waals surface area contributed by atoms with Gasteiger partial charge in [0.2, 0.25) is 5.91 Å². The molecule has 4 atom stereocenters. The summed E-state index contributed by atoms with van der Waals surface area (Å²) in [5, 5.41) is 2.98. The molecule has 4 unspecified atom stereocenters. The molecule has 0 radical (unpaired) electrons. The zero-order valence-electron chi connectivity index (χ0n) is 10.2. The summed E-state index contributed by atoms with van der Waals surface area (Å²) in [5.41, 5.74) is 7.03. The number of hydrogen-bond acceptors (Lipinski definition) is 2. The second-order valence-corrected chi connectivity index (χ2v) is 5.29. The second-order valence-electron chi connectivity index (χ2n) is 5.29. The van der Waals surface area contributed by atoms with Crippen molar-refractivity contribution in [2.24, 2.45) is 23.5 Å². The summed E-state index contributed by atoms with van der Waals surface area (Å²) in [6, 6.07) is 9.69. The van der Waals surface area contributed by atoms with Gasteiger partial charge in [0.1, 0.15) is 0 Å². The van der Waals surface area contributed by atoms with Crippen molar-refractivity contribution in [1.29, 1.82) is 0 Å². The van der Waals surface area contributed by atoms with Gasteiger partial charge < -0.3 is 11.1 Å². The van der Waals surface area contributed by atoms with Gasteiger partial charge in [-0.25, -0.2) is 0 Å². The molecule has 0 heterocycles. The van der Waals surface area contributed by atoms with Gasteiger partial charge in [0.15, 0.2) is 0 Å². The highest BCUT2D eigenvalue weighted by Gasteiger charge is 2.48. The molecule has 2 aliphatic carbocycles. The van der Waals surface area contributed by atoms with Crippen LogP contribution in [0.1, 0.15) is 19.3 Å². The fourth-order valence-corrected chi connectivity index (χ4v) is 3.47. The molecule has 98 valence electrons. The number of amides is 1. The van der Waals surface area contributed by atoms with Gasteiger partial charge in [0.05, 0.1) is 5.92 Å². The van der Waals surface area contributed by atoms with Gasteiger partial charge in [-0.2, -0.15) is 0 Å². The van der Waals surface area contributed by atoms with Crippen LogP contribution in [0.15, 0.2) is 30.3 Å². The van der Waals surface area contributed by atoms with E-state index in [0.29, 0.717) is 11.8 Å². The highest BCUT2D eigenvalue weighted by molar-refractivity contribution is 5.93. The maximum atomic E-state index is 12.2. The molecule has 2 aliphatic rings. The second kappa shape index (κ2) is 5.29. The van der Waals surface area contributed by atoms with E-state index >= 15 is 0 Å². The molecule has 3 N–H and O–H groups in total. The minimum absolute atomic E-state index is 0. The first kappa shape index (κ1) is 13.4. The highest BCUT2D eigenvalue weighted by atomic mass is 35.5. The lowest BCUT2D eigenvalue weighted by atomic mass is 9.84. The molecule has 3 nitrogen and oxygen atoms in total. The van der Waals surface area contributed by atoms with Gasteiger partial charge in [-0.15, -0.1) is 12.4 Å². The topological polar surface area (TPSA) is 55.1 Å². The van der Waals surface area contributed by atoms with Crippen molar-refractivity contribution in [2.45, 2.75) is 25.3 Å². The number of nitrogens with one attached hydrogen (secondary N) is 1. The summed E-state index contributed by atoms with van der Waals surface area (Å²) in [6.07, 6.45) is 3.53. The number of hydrogen-bond donors (Lipinski definition) is 2. The zero-order valence-corrected chi connectivity index (χ0v) is 11.0. The molecule has 2 bridgehead atoms. The molecule has 1 aromatic carbocycles. The monoisotopic (exact) mass is 266 g/mol. The average molecular weight is 267 g/mol. The van der Waals surface area contributed by atoms with E-state index in [1.165, 1.54) is 12.8 Å². The van der Waals surface area contributed by atoms with Crippen molar-refractivity contribution < 1.29 is 4.79 Å². The van der Waals surface area contributed by atoms with Crippen LogP contribution in [0.25, 0.3) is 0 Å². The SMILES string of the molecule is Cl.NC1C2CCC(C2)C1C(=O)Nc1ccccc1. The Kier molecular flexibility index (Phi) is 3.93. The standard InChI is InChI=1S/C14H18N2O.ClH/c15-13-10-7-6-9(8-10)12(13)14(17)16-11-4-2-1-3-5-11;/h1-5,9-10,12-13H,6-8,15H2,(H,16,17);1H. The quantitative estimate of drug-likeness (QED) is 0.864. The summed E-state index contributed by atoms with van der Waals surface area (Å²) < 4.78 is 0. The lowest BCUT2D eigenvalue weighted by molar-refractivity contribution is -0.121. The van der Waals surface area contributed by atoms with E-state index in [4.69, 9.17) is 5.73 Å². The van der Waals surface area contributed by atoms with Crippen molar-refractivity contribution in [3.05, 3.63) is 30.3 Å². The first-order chi connectivity index (χ1) is 8.25. The molecule has 4 heteroatoms. The Labute approximate surface area is 114 Å². The molecule has 0 saturated heterocycles. The Morgan fingerprint density at radius 3 is 2.44 bits per heavy atom. The van der Waals surface area contributed by atoms with Crippen LogP contribution in [0.5, 0.6) is 0 Å². The minimum atomic E-state index is 0. The number of anilines is 1. The van der Waals surface area contributed by atoms with Crippen molar-refractivity contribution in [3.8, 4) is 0 Å². The maximum absolute atomic E-state index is 12.2. The van der Waals surface area contributed by atoms with Gasteiger partial charge in [0.25, 0.3) is 0 Å². The predicted octanol–water partition coefficient (Wildman–Crippen LogP) is 2.42. The van der Waals surface area contributed by atoms with Gasteiger partial charge in [-0.05, 0) is 43.2 Å². The molecule has 18 heavy (non-hydrogen) atoms. The van der Waals surface area contributed by atoms with Crippen LogP contribution in [0.3, 0.4) is 0 Å². The van der Waals surface area contributed by atoms with Crippen molar-refractivity contribution >= 4 is 24.0 Å². The molecule has 3 rings (SSSR count). The number of benzene rings is 1. The number of rotatable bonds is 2. The molecule has 2 saturated carbocycles. The van der Waals surface area contributed by atoms with Crippen LogP contribution in [0.4, 0.5) is 5.69 Å². The van der Waals surface area contributed by atoms with Crippen molar-refractivity contribution in [3.63, 3.8) is 0 Å². The van der Waals surface area contributed by atoms with E-state index < -0.39 is 0 Å². The lowest BCUT2D eigenvalue weighted by Crippen LogP contribution is -2.42. The third kappa shape index (κ3) is 2.25. The van der Waals surface area contributed by atoms with E-state index in [0.717, 1.165) is 12.1 Å². The fourth-order valence-electron chi connectivity index (χ4n) is 3.47. The Morgan fingerprint density at radius 1 is 1.17 bits per heavy atom. The van der Waals surface area contributed by atoms with Gasteiger partial charge in [0, 0.05) is 11.7 Å². The zero-order chi connectivity index (χ0) is 11.8. The Morgan fingerprint density at radius 2 is 1.83 bits per heavy atom. The minimum Gasteiger partial charge on any atom is -0.327 e. The third-order valence-corrected chi connectivity index (χ3v) is 4.32. The summed E-state index contributed by atoms with van der Waals surface area (Å²) in [4.78, 5) is 12.2. The molecule has 0 aliphatic heterocycles. The highest BCUT2D eigenvalue weighted by Crippen LogP contribution is 2.47. The average Bonchev–Trinajstić information content (AvgIpc) is 2.90. The number of carbonyl (C=O) groups excluding carboxylic acids is 1. The predicted molar refractivity (Wildman–Crippen MR) is 74.6 cm³/mol. The fraction of sp³-hybridized carbons (Fsp3) is 0.500. The number of halogens is 1. The van der Waals surface area contributed by atoms with Crippen molar-refractivity contribution in [2.75, 3.05) is 5.32 Å². The first-order valence-corrected chi connectivity index (χ1v) is 6.37. The number of carbonyl (C=O) groups is 1. The summed E-state index contributed by atoms with van der Waals surface area (Å²) >= 11 is 0. The smallest absolute Gasteiger partial charge is 0.229 e. The lowest BCUT2D eigenvalue weighted by Gasteiger charge is -2.26. The van der Waals surface area contributed by atoms with Crippen LogP contribution in [0.2, 0.25) is 0 Å². The third-order valence-electron chi connectivity index (χ3n) is 4.32. The van der Waals surface area contributed by atoms with E-state index in [2.05, 4.69) is 5.32 Å². The molecule has 1 amide bonds. The molecule has 0 aromatic heterocycles. The van der Waals surface area contributed by atoms with Crippen LogP contribution in [-0.4, -0.2) is 11.9 Å². The molecule has 2 fully saturated rings. The number of para-hydroxylation sites is 1. The van der Waals surface area contributed by atoms with E-state index in [-0.39, 0.29) is 30.3 Å². The maximum Gasteiger partial charge on any atom is 0.229 e. The van der Waals surface area contributed by atoms with E-state index in [9.17, 15) is 4.79 Å². The molecule has 0 spiro atoms. The van der Waals surface area contributed by atoms with E-state index in [1.807, 2.05) is 30.3 Å². The number of fused-ring (bicyclic) bond motifs is 2. The van der Waals surface area contributed by atoms with E-state index in [1.54, 1.807) is 0 Å². The Bertz CT molecular complexity index is 421. The van der Waals surface area contributed by atoms with Gasteiger partial charge in [-0.1, -0.05) is 18.2 Å². The number of nitrogens with two attached hydrogens (primary N) is 1.